The average Bonchev–Trinajstić information content (AvgIpc) is 2.27. The van der Waals surface area contributed by atoms with Crippen LogP contribution in [0.2, 0.25) is 0 Å². The molecule has 0 aliphatic carbocycles. The monoisotopic (exact) mass is 328 g/mol. The fourth-order valence-electron chi connectivity index (χ4n) is 1.80. The fourth-order valence-corrected chi connectivity index (χ4v) is 2.21. The molecule has 1 rings (SSSR count). The largest absolute Gasteiger partial charge is 0.368 e. The molecule has 6 nitrogen and oxygen atoms in total. The lowest BCUT2D eigenvalue weighted by atomic mass is 10.1. The number of hydrogen-bond donors (Lipinski definition) is 3. The topological polar surface area (TPSA) is 101 Å². The summed E-state index contributed by atoms with van der Waals surface area (Å²) < 4.78 is 0.916. The standard InChI is InChI=1S/C12H17BrN4O2/c1-16-5-8-4-9(13)2-3-10(8)17(6-11(14)18)7-12(15)19/h2-4,16H,5-7H2,1H3,(H2,14,18)(H2,15,19). The molecule has 0 atom stereocenters. The predicted octanol–water partition coefficient (Wildman–Crippen LogP) is -0.0545. The molecule has 2 amide bonds. The number of nitrogens with one attached hydrogen (secondary N) is 1. The molecule has 0 spiro atoms. The van der Waals surface area contributed by atoms with Crippen LogP contribution in [0.25, 0.3) is 0 Å². The molecule has 0 unspecified atom stereocenters. The van der Waals surface area contributed by atoms with Crippen LogP contribution in [0.3, 0.4) is 0 Å². The van der Waals surface area contributed by atoms with E-state index in [1.807, 2.05) is 25.2 Å². The van der Waals surface area contributed by atoms with E-state index in [4.69, 9.17) is 11.5 Å². The second-order valence-electron chi connectivity index (χ2n) is 4.09. The van der Waals surface area contributed by atoms with Crippen molar-refractivity contribution in [3.05, 3.63) is 28.2 Å². The highest BCUT2D eigenvalue weighted by Gasteiger charge is 2.15. The lowest BCUT2D eigenvalue weighted by Gasteiger charge is -2.24. The van der Waals surface area contributed by atoms with Crippen LogP contribution in [0.1, 0.15) is 5.56 Å². The van der Waals surface area contributed by atoms with Crippen molar-refractivity contribution in [2.24, 2.45) is 11.5 Å². The summed E-state index contributed by atoms with van der Waals surface area (Å²) in [6, 6.07) is 5.58. The second-order valence-corrected chi connectivity index (χ2v) is 5.01. The number of carbonyl (C=O) groups is 2. The maximum Gasteiger partial charge on any atom is 0.236 e. The minimum absolute atomic E-state index is 0.0543. The third kappa shape index (κ3) is 4.88. The van der Waals surface area contributed by atoms with Crippen LogP contribution in [0.15, 0.2) is 22.7 Å². The van der Waals surface area contributed by atoms with E-state index in [9.17, 15) is 9.59 Å². The van der Waals surface area contributed by atoms with Crippen molar-refractivity contribution in [1.29, 1.82) is 0 Å². The van der Waals surface area contributed by atoms with Crippen LogP contribution < -0.4 is 21.7 Å². The molecule has 5 N–H and O–H groups in total. The van der Waals surface area contributed by atoms with Gasteiger partial charge in [-0.1, -0.05) is 15.9 Å². The van der Waals surface area contributed by atoms with E-state index in [-0.39, 0.29) is 13.1 Å². The maximum absolute atomic E-state index is 11.1. The number of rotatable bonds is 7. The lowest BCUT2D eigenvalue weighted by molar-refractivity contribution is -0.117. The first-order valence-corrected chi connectivity index (χ1v) is 6.48. The molecule has 0 aliphatic heterocycles. The predicted molar refractivity (Wildman–Crippen MR) is 77.5 cm³/mol. The molecule has 0 aromatic heterocycles. The molecule has 0 aliphatic rings. The van der Waals surface area contributed by atoms with Crippen LogP contribution in [0.4, 0.5) is 5.69 Å². The van der Waals surface area contributed by atoms with Gasteiger partial charge in [0.15, 0.2) is 0 Å². The SMILES string of the molecule is CNCc1cc(Br)ccc1N(CC(N)=O)CC(N)=O. The quantitative estimate of drug-likeness (QED) is 0.652. The minimum Gasteiger partial charge on any atom is -0.368 e. The highest BCUT2D eigenvalue weighted by molar-refractivity contribution is 9.10. The van der Waals surface area contributed by atoms with E-state index in [0.717, 1.165) is 15.7 Å². The Kier molecular flexibility index (Phi) is 5.78. The Morgan fingerprint density at radius 2 is 1.84 bits per heavy atom. The first-order valence-electron chi connectivity index (χ1n) is 5.68. The van der Waals surface area contributed by atoms with Gasteiger partial charge < -0.3 is 21.7 Å². The number of anilines is 1. The van der Waals surface area contributed by atoms with E-state index < -0.39 is 11.8 Å². The van der Waals surface area contributed by atoms with Crippen molar-refractivity contribution in [2.45, 2.75) is 6.54 Å². The van der Waals surface area contributed by atoms with E-state index in [1.165, 1.54) is 0 Å². The van der Waals surface area contributed by atoms with Gasteiger partial charge in [-0.25, -0.2) is 0 Å². The van der Waals surface area contributed by atoms with Gasteiger partial charge in [-0.05, 0) is 30.8 Å². The number of hydrogen-bond acceptors (Lipinski definition) is 4. The highest BCUT2D eigenvalue weighted by atomic mass is 79.9. The maximum atomic E-state index is 11.1. The molecule has 0 heterocycles. The van der Waals surface area contributed by atoms with Gasteiger partial charge in [-0.15, -0.1) is 0 Å². The fraction of sp³-hybridized carbons (Fsp3) is 0.333. The van der Waals surface area contributed by atoms with E-state index in [0.29, 0.717) is 6.54 Å². The normalized spacial score (nSPS) is 10.2. The Morgan fingerprint density at radius 3 is 2.32 bits per heavy atom. The van der Waals surface area contributed by atoms with Crippen molar-refractivity contribution < 1.29 is 9.59 Å². The summed E-state index contributed by atoms with van der Waals surface area (Å²) in [6.45, 7) is 0.491. The molecule has 0 radical (unpaired) electrons. The van der Waals surface area contributed by atoms with Crippen molar-refractivity contribution in [3.8, 4) is 0 Å². The first-order chi connectivity index (χ1) is 8.93. The lowest BCUT2D eigenvalue weighted by Crippen LogP contribution is -2.40. The summed E-state index contributed by atoms with van der Waals surface area (Å²) in [7, 11) is 1.82. The minimum atomic E-state index is -0.514. The summed E-state index contributed by atoms with van der Waals surface area (Å²) in [5.41, 5.74) is 12.1. The van der Waals surface area contributed by atoms with Gasteiger partial charge >= 0.3 is 0 Å². The number of halogens is 1. The van der Waals surface area contributed by atoms with Crippen LogP contribution in [0.5, 0.6) is 0 Å². The number of nitrogens with two attached hydrogens (primary N) is 2. The Hall–Kier alpha value is -1.60. The molecule has 1 aromatic carbocycles. The number of nitrogens with zero attached hydrogens (tertiary/aromatic N) is 1. The zero-order chi connectivity index (χ0) is 14.4. The highest BCUT2D eigenvalue weighted by Crippen LogP contribution is 2.24. The Bertz CT molecular complexity index is 463. The first kappa shape index (κ1) is 15.5. The van der Waals surface area contributed by atoms with Gasteiger partial charge in [-0.2, -0.15) is 0 Å². The Labute approximate surface area is 120 Å². The van der Waals surface area contributed by atoms with Gasteiger partial charge in [0.1, 0.15) is 0 Å². The van der Waals surface area contributed by atoms with Crippen LogP contribution in [0, 0.1) is 0 Å². The van der Waals surface area contributed by atoms with Crippen molar-refractivity contribution >= 4 is 33.4 Å². The molecule has 7 heteroatoms. The van der Waals surface area contributed by atoms with Gasteiger partial charge in [0.25, 0.3) is 0 Å². The second kappa shape index (κ2) is 7.10. The molecular weight excluding hydrogens is 312 g/mol. The van der Waals surface area contributed by atoms with Gasteiger partial charge in [-0.3, -0.25) is 9.59 Å². The summed E-state index contributed by atoms with van der Waals surface area (Å²) in [6.07, 6.45) is 0. The van der Waals surface area contributed by atoms with Crippen molar-refractivity contribution in [2.75, 3.05) is 25.0 Å². The zero-order valence-corrected chi connectivity index (χ0v) is 12.2. The zero-order valence-electron chi connectivity index (χ0n) is 10.6. The van der Waals surface area contributed by atoms with E-state index >= 15 is 0 Å². The third-order valence-corrected chi connectivity index (χ3v) is 2.94. The number of carbonyl (C=O) groups excluding carboxylic acids is 2. The number of amides is 2. The van der Waals surface area contributed by atoms with Crippen LogP contribution in [-0.2, 0) is 16.1 Å². The van der Waals surface area contributed by atoms with Gasteiger partial charge in [0.05, 0.1) is 13.1 Å². The van der Waals surface area contributed by atoms with Gasteiger partial charge in [0, 0.05) is 16.7 Å². The average molecular weight is 329 g/mol. The van der Waals surface area contributed by atoms with Crippen LogP contribution >= 0.6 is 15.9 Å². The van der Waals surface area contributed by atoms with E-state index in [2.05, 4.69) is 21.2 Å². The van der Waals surface area contributed by atoms with Crippen LogP contribution in [-0.4, -0.2) is 32.0 Å². The molecule has 104 valence electrons. The Balaban J connectivity index is 3.12. The summed E-state index contributed by atoms with van der Waals surface area (Å²) in [4.78, 5) is 23.8. The van der Waals surface area contributed by atoms with Gasteiger partial charge in [0.2, 0.25) is 11.8 Å². The molecule has 0 bridgehead atoms. The Morgan fingerprint density at radius 1 is 1.26 bits per heavy atom. The van der Waals surface area contributed by atoms with Crippen molar-refractivity contribution in [1.82, 2.24) is 5.32 Å². The molecular formula is C12H17BrN4O2. The molecule has 19 heavy (non-hydrogen) atoms. The summed E-state index contributed by atoms with van der Waals surface area (Å²) in [5.74, 6) is -1.03. The third-order valence-electron chi connectivity index (χ3n) is 2.44. The van der Waals surface area contributed by atoms with E-state index in [1.54, 1.807) is 4.90 Å². The molecule has 0 fully saturated rings. The number of benzene rings is 1. The number of primary amides is 2. The molecule has 1 aromatic rings. The molecule has 0 saturated carbocycles. The smallest absolute Gasteiger partial charge is 0.236 e. The summed E-state index contributed by atoms with van der Waals surface area (Å²) >= 11 is 3.39. The van der Waals surface area contributed by atoms with Crippen molar-refractivity contribution in [3.63, 3.8) is 0 Å². The summed E-state index contributed by atoms with van der Waals surface area (Å²) in [5, 5.41) is 3.03. The molecule has 0 saturated heterocycles.